The van der Waals surface area contributed by atoms with Gasteiger partial charge in [-0.25, -0.2) is 0 Å². The molecule has 3 heteroatoms. The molecule has 1 saturated heterocycles. The number of hydrogen-bond acceptors (Lipinski definition) is 3. The van der Waals surface area contributed by atoms with E-state index in [0.717, 1.165) is 19.1 Å². The maximum atomic E-state index is 9.53. The van der Waals surface area contributed by atoms with Crippen molar-refractivity contribution in [2.24, 2.45) is 5.92 Å². The number of aliphatic hydroxyl groups excluding tert-OH is 1. The van der Waals surface area contributed by atoms with E-state index >= 15 is 0 Å². The minimum atomic E-state index is -0.293. The van der Waals surface area contributed by atoms with E-state index in [0.29, 0.717) is 6.54 Å². The molecule has 14 heavy (non-hydrogen) atoms. The Morgan fingerprint density at radius 1 is 1.14 bits per heavy atom. The molecule has 1 aliphatic carbocycles. The van der Waals surface area contributed by atoms with E-state index in [2.05, 4.69) is 5.32 Å². The largest absolute Gasteiger partial charge is 0.389 e. The van der Waals surface area contributed by atoms with Crippen LogP contribution in [0.4, 0.5) is 0 Å². The van der Waals surface area contributed by atoms with Crippen molar-refractivity contribution in [1.29, 1.82) is 0 Å². The van der Waals surface area contributed by atoms with Crippen LogP contribution < -0.4 is 5.32 Å². The minimum Gasteiger partial charge on any atom is -0.389 e. The Bertz CT molecular complexity index is 169. The summed E-state index contributed by atoms with van der Waals surface area (Å²) in [6.45, 7) is 2.35. The zero-order valence-electron chi connectivity index (χ0n) is 8.74. The third-order valence-corrected chi connectivity index (χ3v) is 3.40. The SMILES string of the molecule is O[C@@H]1CNC[C@H]1OCC1CCCCC1. The highest BCUT2D eigenvalue weighted by Crippen LogP contribution is 2.24. The Hall–Kier alpha value is -0.120. The minimum absolute atomic E-state index is 0.0388. The van der Waals surface area contributed by atoms with Crippen molar-refractivity contribution in [2.75, 3.05) is 19.7 Å². The first-order valence-electron chi connectivity index (χ1n) is 5.86. The van der Waals surface area contributed by atoms with Crippen molar-refractivity contribution in [3.05, 3.63) is 0 Å². The number of aliphatic hydroxyl groups is 1. The van der Waals surface area contributed by atoms with Crippen LogP contribution in [0.2, 0.25) is 0 Å². The molecule has 0 aromatic rings. The van der Waals surface area contributed by atoms with Crippen molar-refractivity contribution in [1.82, 2.24) is 5.32 Å². The van der Waals surface area contributed by atoms with Crippen LogP contribution in [0.3, 0.4) is 0 Å². The van der Waals surface area contributed by atoms with Gasteiger partial charge < -0.3 is 15.2 Å². The summed E-state index contributed by atoms with van der Waals surface area (Å²) in [7, 11) is 0. The third-order valence-electron chi connectivity index (χ3n) is 3.40. The van der Waals surface area contributed by atoms with Gasteiger partial charge in [-0.1, -0.05) is 19.3 Å². The summed E-state index contributed by atoms with van der Waals surface area (Å²) in [5.74, 6) is 0.747. The molecular formula is C11H21NO2. The van der Waals surface area contributed by atoms with E-state index < -0.39 is 0 Å². The normalized spacial score (nSPS) is 34.9. The predicted molar refractivity (Wildman–Crippen MR) is 55.2 cm³/mol. The average Bonchev–Trinajstić information content (AvgIpc) is 2.63. The lowest BCUT2D eigenvalue weighted by Crippen LogP contribution is -2.29. The summed E-state index contributed by atoms with van der Waals surface area (Å²) < 4.78 is 5.74. The zero-order valence-corrected chi connectivity index (χ0v) is 8.74. The second-order valence-corrected chi connectivity index (χ2v) is 4.60. The number of nitrogens with one attached hydrogen (secondary N) is 1. The van der Waals surface area contributed by atoms with Crippen molar-refractivity contribution in [3.8, 4) is 0 Å². The molecule has 1 aliphatic heterocycles. The summed E-state index contributed by atoms with van der Waals surface area (Å²) in [4.78, 5) is 0. The number of hydrogen-bond donors (Lipinski definition) is 2. The van der Waals surface area contributed by atoms with Gasteiger partial charge in [-0.3, -0.25) is 0 Å². The molecule has 0 aromatic carbocycles. The molecule has 0 bridgehead atoms. The Kier molecular flexibility index (Phi) is 3.79. The molecule has 1 saturated carbocycles. The van der Waals surface area contributed by atoms with Gasteiger partial charge in [0, 0.05) is 19.7 Å². The van der Waals surface area contributed by atoms with Gasteiger partial charge in [0.25, 0.3) is 0 Å². The molecule has 2 aliphatic rings. The molecule has 0 unspecified atom stereocenters. The average molecular weight is 199 g/mol. The molecular weight excluding hydrogens is 178 g/mol. The third kappa shape index (κ3) is 2.69. The summed E-state index contributed by atoms with van der Waals surface area (Å²) in [5.41, 5.74) is 0. The number of ether oxygens (including phenoxy) is 1. The molecule has 0 spiro atoms. The van der Waals surface area contributed by atoms with Crippen LogP contribution in [0.25, 0.3) is 0 Å². The van der Waals surface area contributed by atoms with Crippen molar-refractivity contribution < 1.29 is 9.84 Å². The van der Waals surface area contributed by atoms with Crippen molar-refractivity contribution >= 4 is 0 Å². The maximum absolute atomic E-state index is 9.53. The second kappa shape index (κ2) is 5.10. The van der Waals surface area contributed by atoms with E-state index in [-0.39, 0.29) is 12.2 Å². The van der Waals surface area contributed by atoms with E-state index in [1.165, 1.54) is 32.1 Å². The highest BCUT2D eigenvalue weighted by molar-refractivity contribution is 4.81. The lowest BCUT2D eigenvalue weighted by Gasteiger charge is -2.24. The Morgan fingerprint density at radius 3 is 2.57 bits per heavy atom. The zero-order chi connectivity index (χ0) is 9.80. The molecule has 0 radical (unpaired) electrons. The molecule has 2 fully saturated rings. The first-order valence-corrected chi connectivity index (χ1v) is 5.86. The fourth-order valence-corrected chi connectivity index (χ4v) is 2.42. The molecule has 2 N–H and O–H groups in total. The Balaban J connectivity index is 1.65. The van der Waals surface area contributed by atoms with Crippen LogP contribution in [-0.4, -0.2) is 37.0 Å². The number of rotatable bonds is 3. The van der Waals surface area contributed by atoms with E-state index in [1.54, 1.807) is 0 Å². The van der Waals surface area contributed by atoms with Gasteiger partial charge in [0.2, 0.25) is 0 Å². The van der Waals surface area contributed by atoms with Gasteiger partial charge in [-0.05, 0) is 18.8 Å². The van der Waals surface area contributed by atoms with Gasteiger partial charge in [0.15, 0.2) is 0 Å². The highest BCUT2D eigenvalue weighted by Gasteiger charge is 2.26. The smallest absolute Gasteiger partial charge is 0.0970 e. The first kappa shape index (κ1) is 10.4. The lowest BCUT2D eigenvalue weighted by molar-refractivity contribution is -0.0269. The molecule has 82 valence electrons. The van der Waals surface area contributed by atoms with Gasteiger partial charge in [0.1, 0.15) is 0 Å². The lowest BCUT2D eigenvalue weighted by atomic mass is 9.90. The van der Waals surface area contributed by atoms with Crippen molar-refractivity contribution in [2.45, 2.75) is 44.3 Å². The number of β-amino-alcohol motifs (C(OH)–C–C–N with tert-alkyl or cyclic N) is 1. The van der Waals surface area contributed by atoms with Crippen LogP contribution in [0.1, 0.15) is 32.1 Å². The first-order chi connectivity index (χ1) is 6.86. The maximum Gasteiger partial charge on any atom is 0.0970 e. The predicted octanol–water partition coefficient (Wildman–Crippen LogP) is 0.916. The van der Waals surface area contributed by atoms with Gasteiger partial charge in [0.05, 0.1) is 12.2 Å². The molecule has 2 atom stereocenters. The monoisotopic (exact) mass is 199 g/mol. The fourth-order valence-electron chi connectivity index (χ4n) is 2.42. The van der Waals surface area contributed by atoms with Crippen molar-refractivity contribution in [3.63, 3.8) is 0 Å². The van der Waals surface area contributed by atoms with E-state index in [4.69, 9.17) is 4.74 Å². The van der Waals surface area contributed by atoms with Crippen LogP contribution in [0, 0.1) is 5.92 Å². The summed E-state index contributed by atoms with van der Waals surface area (Å²) in [5, 5.41) is 12.7. The van der Waals surface area contributed by atoms with Crippen LogP contribution in [0.5, 0.6) is 0 Å². The molecule has 0 aromatic heterocycles. The molecule has 3 nitrogen and oxygen atoms in total. The van der Waals surface area contributed by atoms with E-state index in [9.17, 15) is 5.11 Å². The van der Waals surface area contributed by atoms with Gasteiger partial charge >= 0.3 is 0 Å². The van der Waals surface area contributed by atoms with E-state index in [1.807, 2.05) is 0 Å². The summed E-state index contributed by atoms with van der Waals surface area (Å²) >= 11 is 0. The molecule has 0 amide bonds. The van der Waals surface area contributed by atoms with Crippen LogP contribution in [0.15, 0.2) is 0 Å². The quantitative estimate of drug-likeness (QED) is 0.710. The van der Waals surface area contributed by atoms with Gasteiger partial charge in [-0.15, -0.1) is 0 Å². The summed E-state index contributed by atoms with van der Waals surface area (Å²) in [6.07, 6.45) is 6.49. The Labute approximate surface area is 85.8 Å². The topological polar surface area (TPSA) is 41.5 Å². The highest BCUT2D eigenvalue weighted by atomic mass is 16.5. The van der Waals surface area contributed by atoms with Gasteiger partial charge in [-0.2, -0.15) is 0 Å². The van der Waals surface area contributed by atoms with Crippen LogP contribution in [-0.2, 0) is 4.74 Å². The fraction of sp³-hybridized carbons (Fsp3) is 1.00. The second-order valence-electron chi connectivity index (χ2n) is 4.60. The summed E-state index contributed by atoms with van der Waals surface area (Å²) in [6, 6.07) is 0. The molecule has 1 heterocycles. The van der Waals surface area contributed by atoms with Crippen LogP contribution >= 0.6 is 0 Å². The Morgan fingerprint density at radius 2 is 1.93 bits per heavy atom. The standard InChI is InChI=1S/C11H21NO2/c13-10-6-12-7-11(10)14-8-9-4-2-1-3-5-9/h9-13H,1-8H2/t10-,11-/m1/s1. The molecule has 2 rings (SSSR count).